The Bertz CT molecular complexity index is 645. The molecule has 0 aromatic carbocycles. The number of carbonyl (C=O) groups is 1. The van der Waals surface area contributed by atoms with Gasteiger partial charge in [-0.15, -0.1) is 11.3 Å². The molecular weight excluding hydrogens is 278 g/mol. The zero-order valence-corrected chi connectivity index (χ0v) is 12.5. The summed E-state index contributed by atoms with van der Waals surface area (Å²) in [6.45, 7) is 4.44. The molecule has 0 aliphatic heterocycles. The molecule has 0 spiro atoms. The number of thiazole rings is 1. The van der Waals surface area contributed by atoms with Crippen molar-refractivity contribution in [2.45, 2.75) is 26.8 Å². The molecule has 0 fully saturated rings. The summed E-state index contributed by atoms with van der Waals surface area (Å²) in [4.78, 5) is 20.0. The highest BCUT2D eigenvalue weighted by atomic mass is 32.1. The minimum atomic E-state index is -0.00315. The summed E-state index contributed by atoms with van der Waals surface area (Å²) in [7, 11) is 0. The first-order valence-corrected chi connectivity index (χ1v) is 7.13. The average molecular weight is 293 g/mol. The zero-order valence-electron chi connectivity index (χ0n) is 10.8. The third-order valence-corrected chi connectivity index (χ3v) is 4.20. The van der Waals surface area contributed by atoms with Crippen LogP contribution in [0, 0.1) is 17.8 Å². The molecule has 2 aromatic rings. The van der Waals surface area contributed by atoms with Crippen LogP contribution in [-0.4, -0.2) is 15.9 Å². The lowest BCUT2D eigenvalue weighted by atomic mass is 10.1. The SMILES string of the molecule is Cc1ccncc1CNC(=O)Cc1sc(=S)[nH]c1C. The Morgan fingerprint density at radius 3 is 2.95 bits per heavy atom. The van der Waals surface area contributed by atoms with Crippen molar-refractivity contribution in [3.8, 4) is 0 Å². The number of carbonyl (C=O) groups excluding carboxylic acids is 1. The maximum atomic E-state index is 11.9. The van der Waals surface area contributed by atoms with Crippen molar-refractivity contribution in [3.63, 3.8) is 0 Å². The number of amides is 1. The first-order chi connectivity index (χ1) is 9.06. The van der Waals surface area contributed by atoms with Crippen LogP contribution in [-0.2, 0) is 17.8 Å². The molecule has 4 nitrogen and oxygen atoms in total. The van der Waals surface area contributed by atoms with E-state index < -0.39 is 0 Å². The number of rotatable bonds is 4. The van der Waals surface area contributed by atoms with E-state index in [2.05, 4.69) is 15.3 Å². The quantitative estimate of drug-likeness (QED) is 0.852. The van der Waals surface area contributed by atoms with E-state index in [1.165, 1.54) is 11.3 Å². The first-order valence-electron chi connectivity index (χ1n) is 5.91. The number of aromatic nitrogens is 2. The standard InChI is InChI=1S/C13H15N3OS2/c1-8-3-4-14-6-10(8)7-15-12(17)5-11-9(2)16-13(18)19-11/h3-4,6H,5,7H2,1-2H3,(H,15,17)(H,16,18). The van der Waals surface area contributed by atoms with Crippen molar-refractivity contribution in [3.05, 3.63) is 44.1 Å². The van der Waals surface area contributed by atoms with Gasteiger partial charge in [-0.05, 0) is 43.3 Å². The first kappa shape index (κ1) is 13.9. The molecule has 0 atom stereocenters. The summed E-state index contributed by atoms with van der Waals surface area (Å²) >= 11 is 6.51. The van der Waals surface area contributed by atoms with Crippen molar-refractivity contribution in [2.75, 3.05) is 0 Å². The van der Waals surface area contributed by atoms with E-state index >= 15 is 0 Å². The number of aryl methyl sites for hydroxylation is 2. The van der Waals surface area contributed by atoms with Crippen molar-refractivity contribution < 1.29 is 4.79 Å². The molecule has 1 amide bonds. The van der Waals surface area contributed by atoms with E-state index in [1.54, 1.807) is 12.4 Å². The van der Waals surface area contributed by atoms with Crippen molar-refractivity contribution in [1.29, 1.82) is 0 Å². The number of nitrogens with one attached hydrogen (secondary N) is 2. The molecule has 0 radical (unpaired) electrons. The summed E-state index contributed by atoms with van der Waals surface area (Å²) in [5, 5.41) is 2.90. The van der Waals surface area contributed by atoms with Gasteiger partial charge in [-0.3, -0.25) is 9.78 Å². The Hall–Kier alpha value is -1.53. The Kier molecular flexibility index (Phi) is 4.44. The summed E-state index contributed by atoms with van der Waals surface area (Å²) in [6.07, 6.45) is 3.89. The lowest BCUT2D eigenvalue weighted by molar-refractivity contribution is -0.120. The van der Waals surface area contributed by atoms with Gasteiger partial charge in [0, 0.05) is 29.5 Å². The van der Waals surface area contributed by atoms with Gasteiger partial charge in [-0.25, -0.2) is 0 Å². The Balaban J connectivity index is 1.94. The van der Waals surface area contributed by atoms with Gasteiger partial charge in [-0.2, -0.15) is 0 Å². The van der Waals surface area contributed by atoms with E-state index in [-0.39, 0.29) is 5.91 Å². The van der Waals surface area contributed by atoms with Gasteiger partial charge < -0.3 is 10.3 Å². The van der Waals surface area contributed by atoms with Crippen LogP contribution in [0.25, 0.3) is 0 Å². The van der Waals surface area contributed by atoms with E-state index in [0.717, 1.165) is 21.7 Å². The minimum absolute atomic E-state index is 0.00315. The van der Waals surface area contributed by atoms with Gasteiger partial charge >= 0.3 is 0 Å². The van der Waals surface area contributed by atoms with E-state index in [0.29, 0.717) is 16.9 Å². The third kappa shape index (κ3) is 3.71. The molecule has 100 valence electrons. The lowest BCUT2D eigenvalue weighted by Gasteiger charge is -2.06. The fourth-order valence-electron chi connectivity index (χ4n) is 1.69. The topological polar surface area (TPSA) is 57.8 Å². The lowest BCUT2D eigenvalue weighted by Crippen LogP contribution is -2.24. The van der Waals surface area contributed by atoms with Crippen molar-refractivity contribution in [2.24, 2.45) is 0 Å². The Morgan fingerprint density at radius 1 is 1.53 bits per heavy atom. The van der Waals surface area contributed by atoms with Crippen LogP contribution < -0.4 is 5.32 Å². The van der Waals surface area contributed by atoms with Gasteiger partial charge in [0.2, 0.25) is 5.91 Å². The number of aromatic amines is 1. The molecule has 0 aliphatic rings. The highest BCUT2D eigenvalue weighted by Gasteiger charge is 2.09. The van der Waals surface area contributed by atoms with Crippen molar-refractivity contribution in [1.82, 2.24) is 15.3 Å². The minimum Gasteiger partial charge on any atom is -0.352 e. The summed E-state index contributed by atoms with van der Waals surface area (Å²) in [5.41, 5.74) is 3.14. The predicted molar refractivity (Wildman–Crippen MR) is 78.8 cm³/mol. The van der Waals surface area contributed by atoms with Crippen LogP contribution in [0.2, 0.25) is 0 Å². The molecule has 2 N–H and O–H groups in total. The summed E-state index contributed by atoms with van der Waals surface area (Å²) in [6, 6.07) is 1.93. The van der Waals surface area contributed by atoms with Crippen molar-refractivity contribution >= 4 is 29.5 Å². The fourth-order valence-corrected chi connectivity index (χ4v) is 2.98. The smallest absolute Gasteiger partial charge is 0.225 e. The summed E-state index contributed by atoms with van der Waals surface area (Å²) < 4.78 is 0.711. The van der Waals surface area contributed by atoms with Crippen LogP contribution >= 0.6 is 23.6 Å². The molecule has 0 saturated carbocycles. The molecule has 19 heavy (non-hydrogen) atoms. The predicted octanol–water partition coefficient (Wildman–Crippen LogP) is 2.68. The number of hydrogen-bond acceptors (Lipinski definition) is 4. The molecule has 0 saturated heterocycles. The number of H-pyrrole nitrogens is 1. The average Bonchev–Trinajstić information content (AvgIpc) is 2.67. The number of pyridine rings is 1. The van der Waals surface area contributed by atoms with Gasteiger partial charge in [0.15, 0.2) is 3.95 Å². The molecule has 0 aliphatic carbocycles. The molecule has 0 bridgehead atoms. The van der Waals surface area contributed by atoms with Crippen LogP contribution in [0.5, 0.6) is 0 Å². The number of hydrogen-bond donors (Lipinski definition) is 2. The molecule has 2 heterocycles. The highest BCUT2D eigenvalue weighted by molar-refractivity contribution is 7.73. The number of nitrogens with zero attached hydrogens (tertiary/aromatic N) is 1. The van der Waals surface area contributed by atoms with Crippen LogP contribution in [0.1, 0.15) is 21.7 Å². The second kappa shape index (κ2) is 6.08. The van der Waals surface area contributed by atoms with E-state index in [1.807, 2.05) is 19.9 Å². The largest absolute Gasteiger partial charge is 0.352 e. The Morgan fingerprint density at radius 2 is 2.32 bits per heavy atom. The van der Waals surface area contributed by atoms with Gasteiger partial charge in [-0.1, -0.05) is 0 Å². The zero-order chi connectivity index (χ0) is 13.8. The molecular formula is C13H15N3OS2. The maximum Gasteiger partial charge on any atom is 0.225 e. The van der Waals surface area contributed by atoms with Gasteiger partial charge in [0.05, 0.1) is 6.42 Å². The van der Waals surface area contributed by atoms with Crippen LogP contribution in [0.3, 0.4) is 0 Å². The second-order valence-electron chi connectivity index (χ2n) is 4.32. The van der Waals surface area contributed by atoms with Crippen LogP contribution in [0.15, 0.2) is 18.5 Å². The summed E-state index contributed by atoms with van der Waals surface area (Å²) in [5.74, 6) is -0.00315. The van der Waals surface area contributed by atoms with Crippen LogP contribution in [0.4, 0.5) is 0 Å². The molecule has 2 aromatic heterocycles. The maximum absolute atomic E-state index is 11.9. The third-order valence-electron chi connectivity index (χ3n) is 2.87. The normalized spacial score (nSPS) is 10.4. The molecule has 6 heteroatoms. The molecule has 0 unspecified atom stereocenters. The second-order valence-corrected chi connectivity index (χ2v) is 6.09. The fraction of sp³-hybridized carbons (Fsp3) is 0.308. The van der Waals surface area contributed by atoms with E-state index in [9.17, 15) is 4.79 Å². The Labute approximate surface area is 120 Å². The molecule has 2 rings (SSSR count). The monoisotopic (exact) mass is 293 g/mol. The van der Waals surface area contributed by atoms with Gasteiger partial charge in [0.25, 0.3) is 0 Å². The highest BCUT2D eigenvalue weighted by Crippen LogP contribution is 2.15. The van der Waals surface area contributed by atoms with Gasteiger partial charge in [0.1, 0.15) is 0 Å². The van der Waals surface area contributed by atoms with E-state index in [4.69, 9.17) is 12.2 Å².